The number of allylic oxidation sites excluding steroid dienone is 1. The second-order valence-corrected chi connectivity index (χ2v) is 5.46. The fourth-order valence-corrected chi connectivity index (χ4v) is 3.69. The molecule has 2 fully saturated rings. The van der Waals surface area contributed by atoms with Crippen LogP contribution in [0.3, 0.4) is 0 Å². The van der Waals surface area contributed by atoms with Crippen LogP contribution in [0.25, 0.3) is 0 Å². The van der Waals surface area contributed by atoms with E-state index < -0.39 is 0 Å². The first-order chi connectivity index (χ1) is 7.86. The molecule has 0 amide bonds. The van der Waals surface area contributed by atoms with Gasteiger partial charge in [0.25, 0.3) is 0 Å². The highest BCUT2D eigenvalue weighted by Gasteiger charge is 2.38. The highest BCUT2D eigenvalue weighted by atomic mass is 15.2. The van der Waals surface area contributed by atoms with E-state index in [1.165, 1.54) is 51.5 Å². The second-order valence-electron chi connectivity index (χ2n) is 5.46. The van der Waals surface area contributed by atoms with Gasteiger partial charge >= 0.3 is 0 Å². The third-order valence-corrected chi connectivity index (χ3v) is 4.56. The molecule has 0 unspecified atom stereocenters. The van der Waals surface area contributed by atoms with Crippen LogP contribution < -0.4 is 0 Å². The average Bonchev–Trinajstić information content (AvgIpc) is 2.79. The molecule has 0 aliphatic carbocycles. The lowest BCUT2D eigenvalue weighted by atomic mass is 9.83. The Morgan fingerprint density at radius 3 is 2.75 bits per heavy atom. The van der Waals surface area contributed by atoms with Crippen molar-refractivity contribution in [3.8, 4) is 0 Å². The summed E-state index contributed by atoms with van der Waals surface area (Å²) in [5, 5.41) is 0. The third kappa shape index (κ3) is 2.51. The van der Waals surface area contributed by atoms with E-state index in [0.29, 0.717) is 0 Å². The highest BCUT2D eigenvalue weighted by molar-refractivity contribution is 4.96. The van der Waals surface area contributed by atoms with Gasteiger partial charge in [-0.05, 0) is 51.0 Å². The summed E-state index contributed by atoms with van der Waals surface area (Å²) in [7, 11) is 0. The largest absolute Gasteiger partial charge is 0.297 e. The van der Waals surface area contributed by atoms with Gasteiger partial charge < -0.3 is 0 Å². The van der Waals surface area contributed by atoms with Crippen molar-refractivity contribution in [2.45, 2.75) is 70.9 Å². The molecule has 2 heterocycles. The molecular formula is C15H27N. The van der Waals surface area contributed by atoms with Crippen molar-refractivity contribution >= 4 is 0 Å². The van der Waals surface area contributed by atoms with Gasteiger partial charge in [-0.15, -0.1) is 0 Å². The lowest BCUT2D eigenvalue weighted by Gasteiger charge is -2.42. The van der Waals surface area contributed by atoms with Crippen LogP contribution in [0.1, 0.15) is 58.8 Å². The van der Waals surface area contributed by atoms with Crippen molar-refractivity contribution in [2.24, 2.45) is 5.92 Å². The molecule has 0 N–H and O–H groups in total. The van der Waals surface area contributed by atoms with E-state index in [1.54, 1.807) is 0 Å². The van der Waals surface area contributed by atoms with Crippen LogP contribution in [0.2, 0.25) is 0 Å². The van der Waals surface area contributed by atoms with Gasteiger partial charge in [-0.25, -0.2) is 0 Å². The van der Waals surface area contributed by atoms with Crippen molar-refractivity contribution in [1.29, 1.82) is 0 Å². The number of hydrogen-bond acceptors (Lipinski definition) is 1. The highest BCUT2D eigenvalue weighted by Crippen LogP contribution is 2.37. The zero-order valence-corrected chi connectivity index (χ0v) is 11.0. The van der Waals surface area contributed by atoms with Crippen LogP contribution >= 0.6 is 0 Å². The number of nitrogens with zero attached hydrogens (tertiary/aromatic N) is 1. The molecule has 0 spiro atoms. The van der Waals surface area contributed by atoms with Crippen LogP contribution in [0, 0.1) is 5.92 Å². The van der Waals surface area contributed by atoms with E-state index in [2.05, 4.69) is 30.9 Å². The molecule has 2 rings (SSSR count). The van der Waals surface area contributed by atoms with Crippen LogP contribution in [-0.4, -0.2) is 23.5 Å². The van der Waals surface area contributed by atoms with Crippen LogP contribution in [-0.2, 0) is 0 Å². The first kappa shape index (κ1) is 12.2. The van der Waals surface area contributed by atoms with Crippen LogP contribution in [0.15, 0.2) is 12.2 Å². The Hall–Kier alpha value is -0.300. The standard InChI is InChI=1S/C15H27N/c1-3-5-6-8-14-11-10-13(4-2)15-9-7-12-16(14)15/h5-6,13-15H,3-4,7-12H2,1-2H3/b6-5-/t13-,14-,15+/m1/s1. The van der Waals surface area contributed by atoms with Crippen molar-refractivity contribution in [3.63, 3.8) is 0 Å². The fraction of sp³-hybridized carbons (Fsp3) is 0.867. The minimum Gasteiger partial charge on any atom is -0.297 e. The van der Waals surface area contributed by atoms with E-state index in [-0.39, 0.29) is 0 Å². The van der Waals surface area contributed by atoms with Crippen LogP contribution in [0.4, 0.5) is 0 Å². The number of piperidine rings is 1. The molecule has 16 heavy (non-hydrogen) atoms. The first-order valence-electron chi connectivity index (χ1n) is 7.27. The monoisotopic (exact) mass is 221 g/mol. The molecule has 2 saturated heterocycles. The summed E-state index contributed by atoms with van der Waals surface area (Å²) in [6.07, 6.45) is 14.4. The summed E-state index contributed by atoms with van der Waals surface area (Å²) < 4.78 is 0. The molecular weight excluding hydrogens is 194 g/mol. The summed E-state index contributed by atoms with van der Waals surface area (Å²) in [6, 6.07) is 1.79. The predicted molar refractivity (Wildman–Crippen MR) is 70.6 cm³/mol. The summed E-state index contributed by atoms with van der Waals surface area (Å²) in [5.41, 5.74) is 0. The first-order valence-corrected chi connectivity index (χ1v) is 7.27. The number of rotatable bonds is 4. The smallest absolute Gasteiger partial charge is 0.0133 e. The average molecular weight is 221 g/mol. The van der Waals surface area contributed by atoms with Gasteiger partial charge in [0.05, 0.1) is 0 Å². The molecule has 0 aromatic heterocycles. The molecule has 0 bridgehead atoms. The SMILES string of the molecule is CC/C=C\C[C@@H]1CC[C@@H](CC)[C@@H]2CCCN12. The molecule has 2 aliphatic rings. The van der Waals surface area contributed by atoms with Gasteiger partial charge in [-0.2, -0.15) is 0 Å². The lowest BCUT2D eigenvalue weighted by molar-refractivity contribution is 0.0735. The van der Waals surface area contributed by atoms with Crippen molar-refractivity contribution in [2.75, 3.05) is 6.54 Å². The molecule has 3 atom stereocenters. The minimum absolute atomic E-state index is 0.859. The Labute approximate surface area is 101 Å². The molecule has 1 heteroatoms. The summed E-state index contributed by atoms with van der Waals surface area (Å²) >= 11 is 0. The molecule has 0 aromatic carbocycles. The van der Waals surface area contributed by atoms with Gasteiger partial charge in [-0.1, -0.05) is 32.4 Å². The predicted octanol–water partition coefficient (Wildman–Crippen LogP) is 4.00. The van der Waals surface area contributed by atoms with Gasteiger partial charge in [-0.3, -0.25) is 4.90 Å². The van der Waals surface area contributed by atoms with E-state index in [4.69, 9.17) is 0 Å². The van der Waals surface area contributed by atoms with Gasteiger partial charge in [0.15, 0.2) is 0 Å². The molecule has 2 aliphatic heterocycles. The number of fused-ring (bicyclic) bond motifs is 1. The van der Waals surface area contributed by atoms with Crippen molar-refractivity contribution < 1.29 is 0 Å². The zero-order chi connectivity index (χ0) is 11.4. The Morgan fingerprint density at radius 2 is 2.00 bits per heavy atom. The second kappa shape index (κ2) is 5.86. The molecule has 92 valence electrons. The van der Waals surface area contributed by atoms with Crippen LogP contribution in [0.5, 0.6) is 0 Å². The molecule has 0 radical (unpaired) electrons. The van der Waals surface area contributed by atoms with Gasteiger partial charge in [0.1, 0.15) is 0 Å². The van der Waals surface area contributed by atoms with E-state index in [9.17, 15) is 0 Å². The molecule has 1 nitrogen and oxygen atoms in total. The third-order valence-electron chi connectivity index (χ3n) is 4.56. The maximum atomic E-state index is 2.83. The molecule has 0 aromatic rings. The number of hydrogen-bond donors (Lipinski definition) is 0. The van der Waals surface area contributed by atoms with Crippen molar-refractivity contribution in [3.05, 3.63) is 12.2 Å². The van der Waals surface area contributed by atoms with Gasteiger partial charge in [0, 0.05) is 12.1 Å². The fourth-order valence-electron chi connectivity index (χ4n) is 3.69. The van der Waals surface area contributed by atoms with E-state index in [0.717, 1.165) is 18.0 Å². The minimum atomic E-state index is 0.859. The summed E-state index contributed by atoms with van der Waals surface area (Å²) in [4.78, 5) is 2.83. The molecule has 0 saturated carbocycles. The van der Waals surface area contributed by atoms with Crippen molar-refractivity contribution in [1.82, 2.24) is 4.90 Å². The lowest BCUT2D eigenvalue weighted by Crippen LogP contribution is -2.46. The van der Waals surface area contributed by atoms with E-state index >= 15 is 0 Å². The Morgan fingerprint density at radius 1 is 1.12 bits per heavy atom. The Kier molecular flexibility index (Phi) is 4.45. The summed E-state index contributed by atoms with van der Waals surface area (Å²) in [5.74, 6) is 0.994. The maximum absolute atomic E-state index is 2.83. The Balaban J connectivity index is 1.93. The van der Waals surface area contributed by atoms with Gasteiger partial charge in [0.2, 0.25) is 0 Å². The maximum Gasteiger partial charge on any atom is 0.0133 e. The Bertz CT molecular complexity index is 234. The zero-order valence-electron chi connectivity index (χ0n) is 11.0. The topological polar surface area (TPSA) is 3.24 Å². The quantitative estimate of drug-likeness (QED) is 0.649. The van der Waals surface area contributed by atoms with E-state index in [1.807, 2.05) is 0 Å². The summed E-state index contributed by atoms with van der Waals surface area (Å²) in [6.45, 7) is 5.97. The normalized spacial score (nSPS) is 35.8.